The van der Waals surface area contributed by atoms with Gasteiger partial charge in [-0.1, -0.05) is 6.08 Å². The molecule has 1 aliphatic carbocycles. The Morgan fingerprint density at radius 3 is 2.60 bits per heavy atom. The second kappa shape index (κ2) is 3.12. The Labute approximate surface area is 85.6 Å². The van der Waals surface area contributed by atoms with Crippen LogP contribution in [0.3, 0.4) is 0 Å². The van der Waals surface area contributed by atoms with Gasteiger partial charge in [0.05, 0.1) is 14.1 Å². The molecule has 0 saturated heterocycles. The minimum absolute atomic E-state index is 0.598. The molecule has 2 nitrogen and oxygen atoms in total. The van der Waals surface area contributed by atoms with Crippen molar-refractivity contribution in [2.75, 3.05) is 0 Å². The molecule has 0 spiro atoms. The van der Waals surface area contributed by atoms with Crippen LogP contribution in [0.1, 0.15) is 23.6 Å². The molecule has 0 fully saturated rings. The third kappa shape index (κ3) is 1.46. The van der Waals surface area contributed by atoms with Crippen molar-refractivity contribution in [1.29, 1.82) is 0 Å². The van der Waals surface area contributed by atoms with E-state index in [0.29, 0.717) is 12.1 Å². The summed E-state index contributed by atoms with van der Waals surface area (Å²) in [7, 11) is 2.93. The van der Waals surface area contributed by atoms with E-state index in [9.17, 15) is 13.2 Å². The normalized spacial score (nSPS) is 15.5. The van der Waals surface area contributed by atoms with Crippen molar-refractivity contribution in [3.8, 4) is 0 Å². The smallest absolute Gasteiger partial charge is 0.225 e. The van der Waals surface area contributed by atoms with Gasteiger partial charge in [0, 0.05) is 6.42 Å². The van der Waals surface area contributed by atoms with E-state index in [4.69, 9.17) is 0 Å². The molecule has 0 saturated carbocycles. The average molecular weight is 217 g/mol. The number of aromatic nitrogens is 2. The largest absolute Gasteiger partial charge is 0.495 e. The van der Waals surface area contributed by atoms with E-state index in [0.717, 1.165) is 12.1 Å². The standard InChI is InChI=1S/C10H12F3N2/c1-14-7-5-3-4-6-8(7)15(2)9(14)10(11,12)13/h3,5H,4,6H2,1-2H3/q+1. The van der Waals surface area contributed by atoms with Crippen LogP contribution in [0, 0.1) is 0 Å². The molecule has 1 heterocycles. The van der Waals surface area contributed by atoms with Gasteiger partial charge in [0.15, 0.2) is 11.4 Å². The fourth-order valence-electron chi connectivity index (χ4n) is 2.13. The number of hydrogen-bond donors (Lipinski definition) is 0. The first-order valence-electron chi connectivity index (χ1n) is 4.74. The molecule has 0 unspecified atom stereocenters. The minimum atomic E-state index is -4.30. The van der Waals surface area contributed by atoms with Crippen molar-refractivity contribution >= 4 is 6.08 Å². The number of allylic oxidation sites excluding steroid dienone is 1. The van der Waals surface area contributed by atoms with E-state index in [-0.39, 0.29) is 0 Å². The monoisotopic (exact) mass is 217 g/mol. The molecule has 0 aromatic carbocycles. The van der Waals surface area contributed by atoms with Crippen LogP contribution >= 0.6 is 0 Å². The first-order chi connectivity index (χ1) is 6.93. The first-order valence-corrected chi connectivity index (χ1v) is 4.74. The number of alkyl halides is 3. The lowest BCUT2D eigenvalue weighted by molar-refractivity contribution is -0.692. The SMILES string of the molecule is Cn1c2c([n+](C)c1C(F)(F)F)C=CCC2. The molecule has 1 aromatic heterocycles. The van der Waals surface area contributed by atoms with Crippen LogP contribution in [0.25, 0.3) is 6.08 Å². The highest BCUT2D eigenvalue weighted by Crippen LogP contribution is 2.29. The molecule has 82 valence electrons. The Kier molecular flexibility index (Phi) is 2.13. The van der Waals surface area contributed by atoms with Crippen LogP contribution in [0.2, 0.25) is 0 Å². The summed E-state index contributed by atoms with van der Waals surface area (Å²) in [6.07, 6.45) is 0.847. The van der Waals surface area contributed by atoms with Gasteiger partial charge in [0.1, 0.15) is 0 Å². The van der Waals surface area contributed by atoms with Gasteiger partial charge in [-0.05, 0) is 12.5 Å². The van der Waals surface area contributed by atoms with Gasteiger partial charge in [-0.3, -0.25) is 0 Å². The summed E-state index contributed by atoms with van der Waals surface area (Å²) in [4.78, 5) is 0. The molecule has 5 heteroatoms. The van der Waals surface area contributed by atoms with E-state index in [1.54, 1.807) is 6.08 Å². The van der Waals surface area contributed by atoms with Gasteiger partial charge in [-0.2, -0.15) is 13.2 Å². The van der Waals surface area contributed by atoms with Crippen LogP contribution < -0.4 is 4.57 Å². The lowest BCUT2D eigenvalue weighted by atomic mass is 10.1. The van der Waals surface area contributed by atoms with Crippen molar-refractivity contribution in [3.05, 3.63) is 23.3 Å². The quantitative estimate of drug-likeness (QED) is 0.586. The van der Waals surface area contributed by atoms with Crippen LogP contribution in [0.15, 0.2) is 6.08 Å². The maximum Gasteiger partial charge on any atom is 0.495 e. The fourth-order valence-corrected chi connectivity index (χ4v) is 2.13. The Balaban J connectivity index is 2.68. The molecule has 0 radical (unpaired) electrons. The van der Waals surface area contributed by atoms with Gasteiger partial charge in [-0.25, -0.2) is 9.13 Å². The van der Waals surface area contributed by atoms with Gasteiger partial charge >= 0.3 is 12.0 Å². The lowest BCUT2D eigenvalue weighted by Crippen LogP contribution is -2.39. The predicted molar refractivity (Wildman–Crippen MR) is 48.9 cm³/mol. The summed E-state index contributed by atoms with van der Waals surface area (Å²) < 4.78 is 40.7. The van der Waals surface area contributed by atoms with E-state index >= 15 is 0 Å². The second-order valence-electron chi connectivity index (χ2n) is 3.71. The van der Waals surface area contributed by atoms with Crippen molar-refractivity contribution in [2.45, 2.75) is 19.0 Å². The number of imidazole rings is 1. The van der Waals surface area contributed by atoms with Gasteiger partial charge < -0.3 is 0 Å². The number of rotatable bonds is 0. The molecule has 0 N–H and O–H groups in total. The minimum Gasteiger partial charge on any atom is -0.225 e. The number of nitrogens with zero attached hydrogens (tertiary/aromatic N) is 2. The van der Waals surface area contributed by atoms with Gasteiger partial charge in [-0.15, -0.1) is 0 Å². The molecule has 0 bridgehead atoms. The maximum absolute atomic E-state index is 12.7. The topological polar surface area (TPSA) is 8.81 Å². The van der Waals surface area contributed by atoms with Crippen LogP contribution in [-0.2, 0) is 26.7 Å². The van der Waals surface area contributed by atoms with Crippen molar-refractivity contribution in [3.63, 3.8) is 0 Å². The lowest BCUT2D eigenvalue weighted by Gasteiger charge is -2.02. The summed E-state index contributed by atoms with van der Waals surface area (Å²) in [5.41, 5.74) is 1.42. The zero-order valence-corrected chi connectivity index (χ0v) is 8.60. The van der Waals surface area contributed by atoms with Crippen LogP contribution in [0.5, 0.6) is 0 Å². The zero-order chi connectivity index (χ0) is 11.2. The molecule has 0 atom stereocenters. The van der Waals surface area contributed by atoms with E-state index in [1.165, 1.54) is 23.2 Å². The highest BCUT2D eigenvalue weighted by Gasteiger charge is 2.46. The molecular weight excluding hydrogens is 205 g/mol. The molecule has 0 amide bonds. The molecule has 2 rings (SSSR count). The van der Waals surface area contributed by atoms with Crippen LogP contribution in [0.4, 0.5) is 13.2 Å². The molecule has 1 aliphatic rings. The third-order valence-corrected chi connectivity index (χ3v) is 2.77. The highest BCUT2D eigenvalue weighted by atomic mass is 19.4. The third-order valence-electron chi connectivity index (χ3n) is 2.77. The summed E-state index contributed by atoms with van der Waals surface area (Å²) >= 11 is 0. The number of halogens is 3. The molecular formula is C10H12F3N2+. The Morgan fingerprint density at radius 1 is 1.40 bits per heavy atom. The highest BCUT2D eigenvalue weighted by molar-refractivity contribution is 5.47. The Bertz CT molecular complexity index is 427. The first kappa shape index (κ1) is 10.3. The van der Waals surface area contributed by atoms with E-state index in [1.807, 2.05) is 6.08 Å². The van der Waals surface area contributed by atoms with Crippen molar-refractivity contribution in [2.24, 2.45) is 14.1 Å². The van der Waals surface area contributed by atoms with Gasteiger partial charge in [0.25, 0.3) is 0 Å². The van der Waals surface area contributed by atoms with Crippen molar-refractivity contribution < 1.29 is 17.7 Å². The zero-order valence-electron chi connectivity index (χ0n) is 8.60. The molecule has 15 heavy (non-hydrogen) atoms. The second-order valence-corrected chi connectivity index (χ2v) is 3.71. The maximum atomic E-state index is 12.7. The van der Waals surface area contributed by atoms with Gasteiger partial charge in [0.2, 0.25) is 0 Å². The molecule has 1 aromatic rings. The summed E-state index contributed by atoms with van der Waals surface area (Å²) in [5, 5.41) is 0. The molecule has 0 aliphatic heterocycles. The number of hydrogen-bond acceptors (Lipinski definition) is 0. The van der Waals surface area contributed by atoms with E-state index < -0.39 is 12.0 Å². The number of fused-ring (bicyclic) bond motifs is 1. The average Bonchev–Trinajstić information content (AvgIpc) is 2.39. The Hall–Kier alpha value is -1.26. The van der Waals surface area contributed by atoms with Crippen LogP contribution in [-0.4, -0.2) is 4.57 Å². The Morgan fingerprint density at radius 2 is 2.07 bits per heavy atom. The summed E-state index contributed by atoms with van der Waals surface area (Å²) in [5.74, 6) is -0.598. The summed E-state index contributed by atoms with van der Waals surface area (Å²) in [6, 6.07) is 0. The van der Waals surface area contributed by atoms with E-state index in [2.05, 4.69) is 0 Å². The fraction of sp³-hybridized carbons (Fsp3) is 0.500. The summed E-state index contributed by atoms with van der Waals surface area (Å²) in [6.45, 7) is 0. The predicted octanol–water partition coefficient (Wildman–Crippen LogP) is 1.83. The van der Waals surface area contributed by atoms with Crippen molar-refractivity contribution in [1.82, 2.24) is 4.57 Å².